The van der Waals surface area contributed by atoms with Gasteiger partial charge in [-0.25, -0.2) is 0 Å². The van der Waals surface area contributed by atoms with Crippen molar-refractivity contribution in [1.82, 2.24) is 20.1 Å². The monoisotopic (exact) mass is 388 g/mol. The number of ether oxygens (including phenoxy) is 1. The number of carbonyl (C=O) groups excluding carboxylic acids is 1. The van der Waals surface area contributed by atoms with Gasteiger partial charge in [0.25, 0.3) is 0 Å². The van der Waals surface area contributed by atoms with E-state index in [1.54, 1.807) is 24.1 Å². The maximum Gasteiger partial charge on any atom is 0.230 e. The molecule has 2 aromatic carbocycles. The van der Waals surface area contributed by atoms with Gasteiger partial charge in [0.15, 0.2) is 5.16 Å². The normalized spacial score (nSPS) is 10.5. The van der Waals surface area contributed by atoms with Gasteiger partial charge in [0.05, 0.1) is 18.6 Å². The minimum absolute atomic E-state index is 0.0773. The van der Waals surface area contributed by atoms with Crippen LogP contribution in [0.1, 0.15) is 5.56 Å². The molecule has 0 aliphatic rings. The second kappa shape index (κ2) is 8.73. The van der Waals surface area contributed by atoms with Crippen molar-refractivity contribution in [2.45, 2.75) is 11.7 Å². The second-order valence-corrected chi connectivity index (χ2v) is 6.76. The Hall–Kier alpha value is -2.51. The van der Waals surface area contributed by atoms with Crippen LogP contribution in [-0.2, 0) is 11.3 Å². The van der Waals surface area contributed by atoms with Crippen LogP contribution in [0.15, 0.2) is 60.0 Å². The fraction of sp³-hybridized carbons (Fsp3) is 0.167. The third-order valence-corrected chi connectivity index (χ3v) is 4.76. The van der Waals surface area contributed by atoms with Crippen molar-refractivity contribution in [3.8, 4) is 11.4 Å². The first-order chi connectivity index (χ1) is 12.7. The van der Waals surface area contributed by atoms with E-state index in [2.05, 4.69) is 15.5 Å². The summed E-state index contributed by atoms with van der Waals surface area (Å²) in [5, 5.41) is 12.1. The standard InChI is InChI=1S/C18H17ClN4O2S/c1-25-16-7-5-13(6-8-16)10-20-17(24)11-26-18-22-21-12-23(18)15-4-2-3-14(19)9-15/h2-9,12H,10-11H2,1H3,(H,20,24). The number of halogens is 1. The fourth-order valence-corrected chi connectivity index (χ4v) is 3.19. The molecule has 26 heavy (non-hydrogen) atoms. The Balaban J connectivity index is 1.54. The molecule has 0 bridgehead atoms. The number of hydrogen-bond acceptors (Lipinski definition) is 5. The number of methoxy groups -OCH3 is 1. The molecule has 0 fully saturated rings. The van der Waals surface area contributed by atoms with E-state index in [-0.39, 0.29) is 11.7 Å². The largest absolute Gasteiger partial charge is 0.497 e. The minimum atomic E-state index is -0.0773. The summed E-state index contributed by atoms with van der Waals surface area (Å²) >= 11 is 7.35. The Kier molecular flexibility index (Phi) is 6.14. The van der Waals surface area contributed by atoms with E-state index in [4.69, 9.17) is 16.3 Å². The average molecular weight is 389 g/mol. The lowest BCUT2D eigenvalue weighted by Crippen LogP contribution is -2.24. The van der Waals surface area contributed by atoms with E-state index < -0.39 is 0 Å². The lowest BCUT2D eigenvalue weighted by atomic mass is 10.2. The van der Waals surface area contributed by atoms with Crippen molar-refractivity contribution in [1.29, 1.82) is 0 Å². The number of aromatic nitrogens is 3. The Bertz CT molecular complexity index is 883. The summed E-state index contributed by atoms with van der Waals surface area (Å²) in [7, 11) is 1.62. The lowest BCUT2D eigenvalue weighted by molar-refractivity contribution is -0.118. The van der Waals surface area contributed by atoms with Gasteiger partial charge in [-0.1, -0.05) is 41.6 Å². The topological polar surface area (TPSA) is 69.0 Å². The Labute approximate surface area is 160 Å². The summed E-state index contributed by atoms with van der Waals surface area (Å²) in [5.74, 6) is 0.956. The number of amides is 1. The van der Waals surface area contributed by atoms with Crippen LogP contribution in [0.25, 0.3) is 5.69 Å². The molecule has 1 amide bonds. The first-order valence-corrected chi connectivity index (χ1v) is 9.20. The Morgan fingerprint density at radius 2 is 2.08 bits per heavy atom. The van der Waals surface area contributed by atoms with E-state index in [9.17, 15) is 4.79 Å². The van der Waals surface area contributed by atoms with Crippen LogP contribution in [0.5, 0.6) is 5.75 Å². The highest BCUT2D eigenvalue weighted by Crippen LogP contribution is 2.21. The number of nitrogens with zero attached hydrogens (tertiary/aromatic N) is 3. The fourth-order valence-electron chi connectivity index (χ4n) is 2.25. The van der Waals surface area contributed by atoms with Gasteiger partial charge in [-0.05, 0) is 35.9 Å². The summed E-state index contributed by atoms with van der Waals surface area (Å²) in [4.78, 5) is 12.1. The van der Waals surface area contributed by atoms with Crippen LogP contribution in [0.3, 0.4) is 0 Å². The first kappa shape index (κ1) is 18.3. The van der Waals surface area contributed by atoms with Crippen molar-refractivity contribution in [2.24, 2.45) is 0 Å². The van der Waals surface area contributed by atoms with Crippen molar-refractivity contribution >= 4 is 29.3 Å². The number of hydrogen-bond donors (Lipinski definition) is 1. The molecule has 1 N–H and O–H groups in total. The molecule has 8 heteroatoms. The summed E-state index contributed by atoms with van der Waals surface area (Å²) < 4.78 is 6.91. The Morgan fingerprint density at radius 3 is 2.81 bits per heavy atom. The number of nitrogens with one attached hydrogen (secondary N) is 1. The van der Waals surface area contributed by atoms with Crippen LogP contribution in [0.2, 0.25) is 5.02 Å². The highest BCUT2D eigenvalue weighted by molar-refractivity contribution is 7.99. The summed E-state index contributed by atoms with van der Waals surface area (Å²) in [5.41, 5.74) is 1.86. The molecule has 3 aromatic rings. The molecule has 6 nitrogen and oxygen atoms in total. The van der Waals surface area contributed by atoms with Gasteiger partial charge in [0.1, 0.15) is 12.1 Å². The van der Waals surface area contributed by atoms with Crippen molar-refractivity contribution < 1.29 is 9.53 Å². The van der Waals surface area contributed by atoms with Gasteiger partial charge in [0.2, 0.25) is 5.91 Å². The number of thioether (sulfide) groups is 1. The van der Waals surface area contributed by atoms with E-state index in [1.165, 1.54) is 11.8 Å². The molecule has 0 unspecified atom stereocenters. The minimum Gasteiger partial charge on any atom is -0.497 e. The average Bonchev–Trinajstić information content (AvgIpc) is 3.14. The zero-order valence-electron chi connectivity index (χ0n) is 14.1. The third-order valence-electron chi connectivity index (χ3n) is 3.58. The lowest BCUT2D eigenvalue weighted by Gasteiger charge is -2.08. The highest BCUT2D eigenvalue weighted by atomic mass is 35.5. The van der Waals surface area contributed by atoms with Gasteiger partial charge in [-0.3, -0.25) is 9.36 Å². The van der Waals surface area contributed by atoms with Gasteiger partial charge in [0, 0.05) is 11.6 Å². The van der Waals surface area contributed by atoms with E-state index in [0.29, 0.717) is 16.7 Å². The molecule has 0 saturated heterocycles. The smallest absolute Gasteiger partial charge is 0.230 e. The molecule has 0 aliphatic carbocycles. The highest BCUT2D eigenvalue weighted by Gasteiger charge is 2.10. The Morgan fingerprint density at radius 1 is 1.27 bits per heavy atom. The van der Waals surface area contributed by atoms with Gasteiger partial charge in [-0.2, -0.15) is 0 Å². The van der Waals surface area contributed by atoms with Gasteiger partial charge in [-0.15, -0.1) is 10.2 Å². The molecule has 1 aromatic heterocycles. The predicted molar refractivity (Wildman–Crippen MR) is 102 cm³/mol. The van der Waals surface area contributed by atoms with Crippen LogP contribution >= 0.6 is 23.4 Å². The molecular weight excluding hydrogens is 372 g/mol. The maximum absolute atomic E-state index is 12.1. The van der Waals surface area contributed by atoms with Gasteiger partial charge >= 0.3 is 0 Å². The van der Waals surface area contributed by atoms with Crippen LogP contribution in [0.4, 0.5) is 0 Å². The third kappa shape index (κ3) is 4.77. The number of carbonyl (C=O) groups is 1. The van der Waals surface area contributed by atoms with Crippen molar-refractivity contribution in [3.05, 3.63) is 65.4 Å². The van der Waals surface area contributed by atoms with Crippen LogP contribution < -0.4 is 10.1 Å². The number of benzene rings is 2. The molecule has 0 saturated carbocycles. The summed E-state index contributed by atoms with van der Waals surface area (Å²) in [6.07, 6.45) is 1.60. The van der Waals surface area contributed by atoms with Crippen LogP contribution in [-0.4, -0.2) is 33.5 Å². The summed E-state index contributed by atoms with van der Waals surface area (Å²) in [6, 6.07) is 14.9. The van der Waals surface area contributed by atoms with E-state index >= 15 is 0 Å². The van der Waals surface area contributed by atoms with E-state index in [1.807, 2.05) is 42.5 Å². The maximum atomic E-state index is 12.1. The molecule has 1 heterocycles. The zero-order chi connectivity index (χ0) is 18.4. The second-order valence-electron chi connectivity index (χ2n) is 5.38. The van der Waals surface area contributed by atoms with Gasteiger partial charge < -0.3 is 10.1 Å². The molecule has 0 radical (unpaired) electrons. The SMILES string of the molecule is COc1ccc(CNC(=O)CSc2nncn2-c2cccc(Cl)c2)cc1. The first-order valence-electron chi connectivity index (χ1n) is 7.84. The molecule has 3 rings (SSSR count). The van der Waals surface area contributed by atoms with E-state index in [0.717, 1.165) is 17.0 Å². The van der Waals surface area contributed by atoms with Crippen LogP contribution in [0, 0.1) is 0 Å². The molecular formula is C18H17ClN4O2S. The van der Waals surface area contributed by atoms with Crippen molar-refractivity contribution in [3.63, 3.8) is 0 Å². The van der Waals surface area contributed by atoms with Crippen molar-refractivity contribution in [2.75, 3.05) is 12.9 Å². The summed E-state index contributed by atoms with van der Waals surface area (Å²) in [6.45, 7) is 0.463. The molecule has 0 atom stereocenters. The predicted octanol–water partition coefficient (Wildman–Crippen LogP) is 3.34. The zero-order valence-corrected chi connectivity index (χ0v) is 15.6. The molecule has 134 valence electrons. The molecule has 0 aliphatic heterocycles. The quantitative estimate of drug-likeness (QED) is 0.629. The molecule has 0 spiro atoms. The number of rotatable bonds is 7.